The molecule has 7 nitrogen and oxygen atoms in total. The molecule has 0 saturated heterocycles. The van der Waals surface area contributed by atoms with E-state index in [-0.39, 0.29) is 11.7 Å². The van der Waals surface area contributed by atoms with E-state index >= 15 is 0 Å². The first-order valence-electron chi connectivity index (χ1n) is 9.13. The molecule has 1 atom stereocenters. The van der Waals surface area contributed by atoms with Crippen LogP contribution in [0.1, 0.15) is 53.1 Å². The van der Waals surface area contributed by atoms with E-state index in [2.05, 4.69) is 22.0 Å². The molecule has 0 unspecified atom stereocenters. The highest BCUT2D eigenvalue weighted by atomic mass is 16.5. The van der Waals surface area contributed by atoms with Crippen molar-refractivity contribution in [2.75, 3.05) is 14.2 Å². The van der Waals surface area contributed by atoms with Crippen LogP contribution in [0.5, 0.6) is 11.5 Å². The van der Waals surface area contributed by atoms with Gasteiger partial charge in [0.05, 0.1) is 25.5 Å². The minimum atomic E-state index is 0.0128. The van der Waals surface area contributed by atoms with Crippen molar-refractivity contribution in [1.82, 2.24) is 19.6 Å². The number of aromatic nitrogens is 4. The maximum Gasteiger partial charge on any atom is 0.252 e. The van der Waals surface area contributed by atoms with Gasteiger partial charge in [0.2, 0.25) is 0 Å². The summed E-state index contributed by atoms with van der Waals surface area (Å²) in [6.07, 6.45) is 4.62. The molecule has 0 bridgehead atoms. The zero-order valence-corrected chi connectivity index (χ0v) is 15.7. The summed E-state index contributed by atoms with van der Waals surface area (Å²) < 4.78 is 12.4. The molecule has 2 heterocycles. The van der Waals surface area contributed by atoms with E-state index in [1.807, 2.05) is 18.2 Å². The highest BCUT2D eigenvalue weighted by Gasteiger charge is 2.30. The van der Waals surface area contributed by atoms with Gasteiger partial charge in [-0.2, -0.15) is 4.98 Å². The number of benzene rings is 1. The third-order valence-corrected chi connectivity index (χ3v) is 4.98. The van der Waals surface area contributed by atoms with Crippen LogP contribution in [0.2, 0.25) is 0 Å². The first kappa shape index (κ1) is 17.5. The SMILES string of the molecule is CCCc1nc2nc3c(cn2n1)C(=O)C[C@@H](c1ccc(OC)cc1OC)C3. The lowest BCUT2D eigenvalue weighted by atomic mass is 9.82. The molecule has 0 fully saturated rings. The first-order chi connectivity index (χ1) is 13.1. The molecule has 1 aliphatic rings. The predicted octanol–water partition coefficient (Wildman–Crippen LogP) is 3.01. The second-order valence-electron chi connectivity index (χ2n) is 6.76. The average molecular weight is 366 g/mol. The van der Waals surface area contributed by atoms with Crippen molar-refractivity contribution < 1.29 is 14.3 Å². The number of rotatable bonds is 5. The van der Waals surface area contributed by atoms with E-state index in [1.54, 1.807) is 24.9 Å². The molecule has 3 aromatic rings. The Morgan fingerprint density at radius 1 is 1.19 bits per heavy atom. The van der Waals surface area contributed by atoms with Gasteiger partial charge in [0, 0.05) is 31.0 Å². The normalized spacial score (nSPS) is 16.4. The summed E-state index contributed by atoms with van der Waals surface area (Å²) >= 11 is 0. The third-order valence-electron chi connectivity index (χ3n) is 4.98. The summed E-state index contributed by atoms with van der Waals surface area (Å²) in [5.41, 5.74) is 2.41. The average Bonchev–Trinajstić information content (AvgIpc) is 3.07. The summed E-state index contributed by atoms with van der Waals surface area (Å²) in [6, 6.07) is 5.71. The maximum atomic E-state index is 12.8. The van der Waals surface area contributed by atoms with Crippen LogP contribution in [0.25, 0.3) is 5.78 Å². The van der Waals surface area contributed by atoms with Crippen molar-refractivity contribution in [3.05, 3.63) is 47.0 Å². The summed E-state index contributed by atoms with van der Waals surface area (Å²) in [7, 11) is 3.25. The molecule has 0 amide bonds. The smallest absolute Gasteiger partial charge is 0.252 e. The maximum absolute atomic E-state index is 12.8. The van der Waals surface area contributed by atoms with Crippen molar-refractivity contribution in [2.24, 2.45) is 0 Å². The summed E-state index contributed by atoms with van der Waals surface area (Å²) in [6.45, 7) is 2.08. The Morgan fingerprint density at radius 2 is 2.04 bits per heavy atom. The largest absolute Gasteiger partial charge is 0.497 e. The van der Waals surface area contributed by atoms with E-state index in [0.717, 1.165) is 41.4 Å². The van der Waals surface area contributed by atoms with Crippen molar-refractivity contribution in [2.45, 2.75) is 38.5 Å². The third kappa shape index (κ3) is 3.13. The topological polar surface area (TPSA) is 78.6 Å². The number of hydrogen-bond acceptors (Lipinski definition) is 6. The van der Waals surface area contributed by atoms with E-state index in [9.17, 15) is 4.79 Å². The first-order valence-corrected chi connectivity index (χ1v) is 9.13. The number of aryl methyl sites for hydroxylation is 1. The number of ketones is 1. The molecular formula is C20H22N4O3. The molecule has 0 spiro atoms. The van der Waals surface area contributed by atoms with Gasteiger partial charge in [-0.15, -0.1) is 5.10 Å². The van der Waals surface area contributed by atoms with Crippen LogP contribution in [-0.2, 0) is 12.8 Å². The highest BCUT2D eigenvalue weighted by molar-refractivity contribution is 5.98. The molecule has 7 heteroatoms. The standard InChI is InChI=1S/C20H22N4O3/c1-4-5-19-22-20-21-16-8-12(9-17(25)15(16)11-24(20)23-19)14-7-6-13(26-2)10-18(14)27-3/h6-7,10-12H,4-5,8-9H2,1-3H3/t12-/m0/s1. The lowest BCUT2D eigenvalue weighted by Crippen LogP contribution is -2.21. The van der Waals surface area contributed by atoms with Gasteiger partial charge >= 0.3 is 0 Å². The minimum Gasteiger partial charge on any atom is -0.497 e. The van der Waals surface area contributed by atoms with Gasteiger partial charge in [-0.3, -0.25) is 4.79 Å². The molecule has 2 aromatic heterocycles. The van der Waals surface area contributed by atoms with E-state index < -0.39 is 0 Å². The number of nitrogens with zero attached hydrogens (tertiary/aromatic N) is 4. The van der Waals surface area contributed by atoms with E-state index in [0.29, 0.717) is 24.2 Å². The summed E-state index contributed by atoms with van der Waals surface area (Å²) in [4.78, 5) is 21.9. The van der Waals surface area contributed by atoms with Crippen LogP contribution in [-0.4, -0.2) is 39.6 Å². The van der Waals surface area contributed by atoms with Gasteiger partial charge in [-0.1, -0.05) is 13.0 Å². The van der Waals surface area contributed by atoms with Gasteiger partial charge in [0.15, 0.2) is 11.6 Å². The molecule has 4 rings (SSSR count). The molecular weight excluding hydrogens is 344 g/mol. The van der Waals surface area contributed by atoms with Gasteiger partial charge in [0.1, 0.15) is 11.5 Å². The van der Waals surface area contributed by atoms with Gasteiger partial charge in [0.25, 0.3) is 5.78 Å². The van der Waals surface area contributed by atoms with Crippen LogP contribution in [0.3, 0.4) is 0 Å². The Labute approximate surface area is 157 Å². The monoisotopic (exact) mass is 366 g/mol. The highest BCUT2D eigenvalue weighted by Crippen LogP contribution is 2.38. The quantitative estimate of drug-likeness (QED) is 0.691. The number of fused-ring (bicyclic) bond motifs is 2. The van der Waals surface area contributed by atoms with Crippen molar-refractivity contribution in [3.63, 3.8) is 0 Å². The molecule has 0 radical (unpaired) electrons. The molecule has 0 aliphatic heterocycles. The number of hydrogen-bond donors (Lipinski definition) is 0. The Hall–Kier alpha value is -2.96. The van der Waals surface area contributed by atoms with Crippen LogP contribution in [0.15, 0.2) is 24.4 Å². The summed E-state index contributed by atoms with van der Waals surface area (Å²) in [5.74, 6) is 2.84. The number of carbonyl (C=O) groups is 1. The Kier molecular flexibility index (Phi) is 4.51. The van der Waals surface area contributed by atoms with Gasteiger partial charge in [-0.05, 0) is 24.5 Å². The van der Waals surface area contributed by atoms with Crippen molar-refractivity contribution in [3.8, 4) is 11.5 Å². The Bertz CT molecular complexity index is 1010. The van der Waals surface area contributed by atoms with E-state index in [1.165, 1.54) is 0 Å². The van der Waals surface area contributed by atoms with Crippen LogP contribution >= 0.6 is 0 Å². The molecule has 1 aromatic carbocycles. The lowest BCUT2D eigenvalue weighted by Gasteiger charge is -2.24. The summed E-state index contributed by atoms with van der Waals surface area (Å²) in [5, 5.41) is 4.43. The Balaban J connectivity index is 1.72. The number of carbonyl (C=O) groups excluding carboxylic acids is 1. The van der Waals surface area contributed by atoms with Crippen molar-refractivity contribution in [1.29, 1.82) is 0 Å². The molecule has 27 heavy (non-hydrogen) atoms. The lowest BCUT2D eigenvalue weighted by molar-refractivity contribution is 0.0962. The second kappa shape index (κ2) is 6.98. The predicted molar refractivity (Wildman–Crippen MR) is 99.7 cm³/mol. The fourth-order valence-corrected chi connectivity index (χ4v) is 3.63. The number of Topliss-reactive ketones (excluding diaryl/α,β-unsaturated/α-hetero) is 1. The van der Waals surface area contributed by atoms with Gasteiger partial charge < -0.3 is 9.47 Å². The number of ether oxygens (including phenoxy) is 2. The second-order valence-corrected chi connectivity index (χ2v) is 6.76. The van der Waals surface area contributed by atoms with Crippen LogP contribution in [0, 0.1) is 0 Å². The van der Waals surface area contributed by atoms with Crippen LogP contribution in [0.4, 0.5) is 0 Å². The zero-order chi connectivity index (χ0) is 19.0. The van der Waals surface area contributed by atoms with E-state index in [4.69, 9.17) is 9.47 Å². The van der Waals surface area contributed by atoms with Crippen molar-refractivity contribution >= 4 is 11.6 Å². The zero-order valence-electron chi connectivity index (χ0n) is 15.7. The minimum absolute atomic E-state index is 0.0128. The van der Waals surface area contributed by atoms with Gasteiger partial charge in [-0.25, -0.2) is 9.50 Å². The fourth-order valence-electron chi connectivity index (χ4n) is 3.63. The number of methoxy groups -OCH3 is 2. The molecule has 1 aliphatic carbocycles. The molecule has 140 valence electrons. The van der Waals surface area contributed by atoms with Crippen LogP contribution < -0.4 is 9.47 Å². The Morgan fingerprint density at radius 3 is 2.78 bits per heavy atom. The molecule has 0 N–H and O–H groups in total. The molecule has 0 saturated carbocycles. The fraction of sp³-hybridized carbons (Fsp3) is 0.400.